The van der Waals surface area contributed by atoms with E-state index in [-0.39, 0.29) is 11.6 Å². The zero-order valence-corrected chi connectivity index (χ0v) is 15.5. The van der Waals surface area contributed by atoms with E-state index in [0.29, 0.717) is 18.8 Å². The third-order valence-corrected chi connectivity index (χ3v) is 3.20. The maximum Gasteiger partial charge on any atom is 0.412 e. The Kier molecular flexibility index (Phi) is 7.98. The second-order valence-corrected chi connectivity index (χ2v) is 6.57. The fraction of sp³-hybridized carbons (Fsp3) is 0.474. The normalized spacial score (nSPS) is 11.8. The van der Waals surface area contributed by atoms with Gasteiger partial charge in [-0.25, -0.2) is 4.79 Å². The van der Waals surface area contributed by atoms with Crippen molar-refractivity contribution in [2.45, 2.75) is 52.7 Å². The van der Waals surface area contributed by atoms with Gasteiger partial charge in [0.05, 0.1) is 12.8 Å². The summed E-state index contributed by atoms with van der Waals surface area (Å²) >= 11 is 0. The van der Waals surface area contributed by atoms with Gasteiger partial charge in [0.1, 0.15) is 17.1 Å². The van der Waals surface area contributed by atoms with E-state index in [1.807, 2.05) is 12.1 Å². The number of carbonyl (C=O) groups excluding carboxylic acids is 2. The van der Waals surface area contributed by atoms with E-state index < -0.39 is 11.7 Å². The third kappa shape index (κ3) is 7.74. The summed E-state index contributed by atoms with van der Waals surface area (Å²) in [6.45, 7) is 11.5. The molecule has 138 valence electrons. The molecule has 0 aromatic carbocycles. The average Bonchev–Trinajstić information content (AvgIpc) is 3.02. The molecule has 0 aliphatic rings. The largest absolute Gasteiger partial charge is 0.467 e. The molecule has 25 heavy (non-hydrogen) atoms. The van der Waals surface area contributed by atoms with Crippen molar-refractivity contribution in [3.63, 3.8) is 0 Å². The number of furan rings is 1. The third-order valence-electron chi connectivity index (χ3n) is 3.20. The van der Waals surface area contributed by atoms with Crippen LogP contribution in [-0.2, 0) is 16.1 Å². The topological polar surface area (TPSA) is 71.8 Å². The van der Waals surface area contributed by atoms with Gasteiger partial charge in [0.25, 0.3) is 5.91 Å². The maximum absolute atomic E-state index is 12.8. The van der Waals surface area contributed by atoms with E-state index in [1.54, 1.807) is 51.0 Å². The lowest BCUT2D eigenvalue weighted by molar-refractivity contribution is -0.128. The number of allylic oxidation sites excluding steroid dienone is 2. The molecule has 0 radical (unpaired) electrons. The number of ether oxygens (including phenoxy) is 1. The first-order chi connectivity index (χ1) is 11.8. The molecule has 0 aliphatic carbocycles. The molecule has 6 heteroatoms. The van der Waals surface area contributed by atoms with Gasteiger partial charge in [-0.05, 0) is 52.7 Å². The van der Waals surface area contributed by atoms with Crippen LogP contribution < -0.4 is 5.32 Å². The first-order valence-electron chi connectivity index (χ1n) is 8.35. The highest BCUT2D eigenvalue weighted by atomic mass is 16.6. The van der Waals surface area contributed by atoms with Crippen LogP contribution in [0.4, 0.5) is 4.79 Å². The number of nitrogens with one attached hydrogen (secondary N) is 1. The summed E-state index contributed by atoms with van der Waals surface area (Å²) in [4.78, 5) is 26.4. The molecule has 6 nitrogen and oxygen atoms in total. The summed E-state index contributed by atoms with van der Waals surface area (Å²) in [5.41, 5.74) is -0.455. The van der Waals surface area contributed by atoms with Crippen LogP contribution in [0, 0.1) is 0 Å². The highest BCUT2D eigenvalue weighted by Crippen LogP contribution is 2.12. The minimum absolute atomic E-state index is 0.180. The van der Waals surface area contributed by atoms with Crippen LogP contribution in [0.3, 0.4) is 0 Å². The van der Waals surface area contributed by atoms with Crippen molar-refractivity contribution in [1.82, 2.24) is 10.2 Å². The van der Waals surface area contributed by atoms with Gasteiger partial charge < -0.3 is 14.1 Å². The van der Waals surface area contributed by atoms with E-state index in [1.165, 1.54) is 0 Å². The Balaban J connectivity index is 2.81. The molecule has 0 spiro atoms. The molecule has 1 N–H and O–H groups in total. The van der Waals surface area contributed by atoms with E-state index in [9.17, 15) is 9.59 Å². The fourth-order valence-electron chi connectivity index (χ4n) is 2.10. The summed E-state index contributed by atoms with van der Waals surface area (Å²) in [6, 6.07) is 3.58. The number of hydrogen-bond acceptors (Lipinski definition) is 4. The van der Waals surface area contributed by atoms with Gasteiger partial charge in [-0.3, -0.25) is 10.1 Å². The lowest BCUT2D eigenvalue weighted by Gasteiger charge is -2.24. The SMILES string of the molecule is C=CCCCN(Cc1ccco1)C(=O)/C(=C\C)NC(=O)OC(C)(C)C. The molecular weight excluding hydrogens is 320 g/mol. The Hall–Kier alpha value is -2.50. The lowest BCUT2D eigenvalue weighted by atomic mass is 10.2. The van der Waals surface area contributed by atoms with Gasteiger partial charge in [-0.2, -0.15) is 0 Å². The predicted octanol–water partition coefficient (Wildman–Crippen LogP) is 4.00. The number of unbranched alkanes of at least 4 members (excludes halogenated alkanes) is 1. The zero-order chi connectivity index (χ0) is 18.9. The summed E-state index contributed by atoms with van der Waals surface area (Å²) in [7, 11) is 0. The van der Waals surface area contributed by atoms with E-state index in [2.05, 4.69) is 11.9 Å². The lowest BCUT2D eigenvalue weighted by Crippen LogP contribution is -2.40. The summed E-state index contributed by atoms with van der Waals surface area (Å²) < 4.78 is 10.5. The Morgan fingerprint density at radius 3 is 2.64 bits per heavy atom. The van der Waals surface area contributed by atoms with Crippen LogP contribution in [0.25, 0.3) is 0 Å². The predicted molar refractivity (Wildman–Crippen MR) is 96.7 cm³/mol. The van der Waals surface area contributed by atoms with Gasteiger partial charge in [-0.1, -0.05) is 12.2 Å². The van der Waals surface area contributed by atoms with Crippen LogP contribution in [0.2, 0.25) is 0 Å². The zero-order valence-electron chi connectivity index (χ0n) is 15.5. The maximum atomic E-state index is 12.8. The molecular formula is C19H28N2O4. The molecule has 0 fully saturated rings. The monoisotopic (exact) mass is 348 g/mol. The molecule has 0 unspecified atom stereocenters. The summed E-state index contributed by atoms with van der Waals surface area (Å²) in [5.74, 6) is 0.397. The molecule has 0 saturated heterocycles. The van der Waals surface area contributed by atoms with Gasteiger partial charge in [-0.15, -0.1) is 6.58 Å². The number of alkyl carbamates (subject to hydrolysis) is 1. The molecule has 0 saturated carbocycles. The van der Waals surface area contributed by atoms with Gasteiger partial charge in [0.15, 0.2) is 0 Å². The van der Waals surface area contributed by atoms with Gasteiger partial charge in [0, 0.05) is 6.54 Å². The quantitative estimate of drug-likeness (QED) is 0.438. The molecule has 1 rings (SSSR count). The van der Waals surface area contributed by atoms with Gasteiger partial charge in [0.2, 0.25) is 0 Å². The minimum Gasteiger partial charge on any atom is -0.467 e. The number of amides is 2. The molecule has 1 heterocycles. The van der Waals surface area contributed by atoms with Gasteiger partial charge >= 0.3 is 6.09 Å². The first kappa shape index (κ1) is 20.5. The van der Waals surface area contributed by atoms with Crippen molar-refractivity contribution >= 4 is 12.0 Å². The number of rotatable bonds is 8. The summed E-state index contributed by atoms with van der Waals surface area (Å²) in [6.07, 6.45) is 5.86. The van der Waals surface area contributed by atoms with E-state index in [4.69, 9.17) is 9.15 Å². The first-order valence-corrected chi connectivity index (χ1v) is 8.35. The number of carbonyl (C=O) groups is 2. The second-order valence-electron chi connectivity index (χ2n) is 6.57. The molecule has 0 bridgehead atoms. The Labute approximate surface area is 149 Å². The van der Waals surface area contributed by atoms with Crippen molar-refractivity contribution < 1.29 is 18.7 Å². The molecule has 0 aliphatic heterocycles. The molecule has 2 amide bonds. The average molecular weight is 348 g/mol. The number of nitrogens with zero attached hydrogens (tertiary/aromatic N) is 1. The molecule has 1 aromatic rings. The van der Waals surface area contributed by atoms with Crippen LogP contribution in [-0.4, -0.2) is 29.0 Å². The van der Waals surface area contributed by atoms with Crippen molar-refractivity contribution in [2.75, 3.05) is 6.54 Å². The van der Waals surface area contributed by atoms with Crippen molar-refractivity contribution in [3.8, 4) is 0 Å². The standard InChI is InChI=1S/C19H28N2O4/c1-6-8-9-12-21(14-15-11-10-13-24-15)17(22)16(7-2)20-18(23)25-19(3,4)5/h6-7,10-11,13H,1,8-9,12,14H2,2-5H3,(H,20,23)/b16-7+. The highest BCUT2D eigenvalue weighted by Gasteiger charge is 2.23. The Morgan fingerprint density at radius 2 is 2.12 bits per heavy atom. The second kappa shape index (κ2) is 9.71. The van der Waals surface area contributed by atoms with Crippen LogP contribution in [0.5, 0.6) is 0 Å². The Morgan fingerprint density at radius 1 is 1.40 bits per heavy atom. The van der Waals surface area contributed by atoms with Crippen LogP contribution >= 0.6 is 0 Å². The van der Waals surface area contributed by atoms with E-state index >= 15 is 0 Å². The minimum atomic E-state index is -0.655. The highest BCUT2D eigenvalue weighted by molar-refractivity contribution is 5.96. The van der Waals surface area contributed by atoms with E-state index in [0.717, 1.165) is 12.8 Å². The van der Waals surface area contributed by atoms with Crippen molar-refractivity contribution in [3.05, 3.63) is 48.6 Å². The molecule has 0 atom stereocenters. The van der Waals surface area contributed by atoms with Crippen molar-refractivity contribution in [2.24, 2.45) is 0 Å². The van der Waals surface area contributed by atoms with Crippen LogP contribution in [0.1, 0.15) is 46.3 Å². The summed E-state index contributed by atoms with van der Waals surface area (Å²) in [5, 5.41) is 2.53. The smallest absolute Gasteiger partial charge is 0.412 e. The molecule has 1 aromatic heterocycles. The van der Waals surface area contributed by atoms with Crippen molar-refractivity contribution in [1.29, 1.82) is 0 Å². The fourth-order valence-corrected chi connectivity index (χ4v) is 2.10. The number of hydrogen-bond donors (Lipinski definition) is 1. The Bertz CT molecular complexity index is 597. The van der Waals surface area contributed by atoms with Crippen LogP contribution in [0.15, 0.2) is 47.2 Å².